The first-order chi connectivity index (χ1) is 8.75. The van der Waals surface area contributed by atoms with Crippen LogP contribution in [0, 0.1) is 5.41 Å². The van der Waals surface area contributed by atoms with E-state index in [1.165, 1.54) is 0 Å². The molecule has 1 aromatic carbocycles. The minimum atomic E-state index is -0.320. The van der Waals surface area contributed by atoms with Gasteiger partial charge in [0.25, 0.3) is 0 Å². The first-order valence-electron chi connectivity index (χ1n) is 6.46. The van der Waals surface area contributed by atoms with E-state index in [2.05, 4.69) is 29.8 Å². The fourth-order valence-electron chi connectivity index (χ4n) is 1.95. The lowest BCUT2D eigenvalue weighted by Gasteiger charge is -2.25. The molecule has 0 spiro atoms. The molecule has 1 N–H and O–H groups in total. The molecule has 0 radical (unpaired) electrons. The monoisotopic (exact) mass is 328 g/mol. The molecular formula is C15H21BrO3. The zero-order valence-corrected chi connectivity index (χ0v) is 13.5. The van der Waals surface area contributed by atoms with Crippen molar-refractivity contribution < 1.29 is 14.6 Å². The number of aliphatic hydroxyl groups is 1. The summed E-state index contributed by atoms with van der Waals surface area (Å²) < 4.78 is 12.6. The van der Waals surface area contributed by atoms with Gasteiger partial charge in [0.05, 0.1) is 19.8 Å². The highest BCUT2D eigenvalue weighted by Gasteiger charge is 2.29. The average Bonchev–Trinajstić information content (AvgIpc) is 2.48. The van der Waals surface area contributed by atoms with Crippen molar-refractivity contribution in [1.29, 1.82) is 0 Å². The Morgan fingerprint density at radius 1 is 1.21 bits per heavy atom. The molecule has 1 aliphatic rings. The van der Waals surface area contributed by atoms with Gasteiger partial charge in [-0.05, 0) is 17.7 Å². The van der Waals surface area contributed by atoms with Gasteiger partial charge in [-0.3, -0.25) is 0 Å². The zero-order chi connectivity index (χ0) is 14.3. The molecule has 1 aromatic rings. The maximum Gasteiger partial charge on any atom is 0.162 e. The summed E-state index contributed by atoms with van der Waals surface area (Å²) in [6.07, 6.45) is 0. The number of fused-ring (bicyclic) bond motifs is 1. The minimum Gasteiger partial charge on any atom is -0.489 e. The molecule has 0 atom stereocenters. The maximum atomic E-state index is 9.52. The summed E-state index contributed by atoms with van der Waals surface area (Å²) in [5, 5.41) is 9.52. The van der Waals surface area contributed by atoms with Crippen LogP contribution in [0.25, 0.3) is 0 Å². The molecule has 1 aliphatic heterocycles. The van der Waals surface area contributed by atoms with Crippen molar-refractivity contribution in [2.75, 3.05) is 19.8 Å². The zero-order valence-electron chi connectivity index (χ0n) is 11.9. The molecule has 1 heterocycles. The highest BCUT2D eigenvalue weighted by Crippen LogP contribution is 2.41. The van der Waals surface area contributed by atoms with Gasteiger partial charge in [0.15, 0.2) is 11.5 Å². The summed E-state index contributed by atoms with van der Waals surface area (Å²) in [6.45, 7) is 9.58. The van der Waals surface area contributed by atoms with E-state index in [0.29, 0.717) is 13.2 Å². The van der Waals surface area contributed by atoms with Gasteiger partial charge < -0.3 is 14.6 Å². The summed E-state index contributed by atoms with van der Waals surface area (Å²) >= 11 is 3.56. The number of benzene rings is 1. The van der Waals surface area contributed by atoms with E-state index in [9.17, 15) is 5.11 Å². The van der Waals surface area contributed by atoms with Crippen molar-refractivity contribution in [2.45, 2.75) is 33.1 Å². The summed E-state index contributed by atoms with van der Waals surface area (Å²) in [5.41, 5.74) is 0.703. The Morgan fingerprint density at radius 3 is 2.26 bits per heavy atom. The van der Waals surface area contributed by atoms with E-state index in [4.69, 9.17) is 9.47 Å². The molecule has 106 valence electrons. The van der Waals surface area contributed by atoms with Crippen LogP contribution in [0.4, 0.5) is 0 Å². The molecule has 0 bridgehead atoms. The van der Waals surface area contributed by atoms with Crippen LogP contribution in [-0.2, 0) is 5.41 Å². The number of ether oxygens (including phenoxy) is 2. The Hall–Kier alpha value is -0.740. The molecule has 0 saturated carbocycles. The molecule has 4 heteroatoms. The molecule has 0 amide bonds. The van der Waals surface area contributed by atoms with E-state index < -0.39 is 0 Å². The fourth-order valence-corrected chi connectivity index (χ4v) is 2.81. The van der Waals surface area contributed by atoms with E-state index in [-0.39, 0.29) is 17.4 Å². The molecule has 0 fully saturated rings. The lowest BCUT2D eigenvalue weighted by Crippen LogP contribution is -2.26. The Bertz CT molecular complexity index is 481. The van der Waals surface area contributed by atoms with Crippen molar-refractivity contribution in [1.82, 2.24) is 0 Å². The number of rotatable bonds is 2. The highest BCUT2D eigenvalue weighted by molar-refractivity contribution is 9.10. The SMILES string of the molecule is CC1(C)COc2cc(Br)c(C(C)(C)CO)cc2OC1. The van der Waals surface area contributed by atoms with Crippen molar-refractivity contribution in [3.05, 3.63) is 22.2 Å². The Labute approximate surface area is 123 Å². The smallest absolute Gasteiger partial charge is 0.162 e. The quantitative estimate of drug-likeness (QED) is 0.902. The van der Waals surface area contributed by atoms with Crippen LogP contribution in [-0.4, -0.2) is 24.9 Å². The third-order valence-electron chi connectivity index (χ3n) is 3.39. The van der Waals surface area contributed by atoms with Crippen molar-refractivity contribution in [3.63, 3.8) is 0 Å². The largest absolute Gasteiger partial charge is 0.489 e. The second kappa shape index (κ2) is 4.98. The van der Waals surface area contributed by atoms with Crippen LogP contribution in [0.3, 0.4) is 0 Å². The molecule has 0 unspecified atom stereocenters. The Morgan fingerprint density at radius 2 is 1.74 bits per heavy atom. The maximum absolute atomic E-state index is 9.52. The summed E-state index contributed by atoms with van der Waals surface area (Å²) in [4.78, 5) is 0. The third-order valence-corrected chi connectivity index (χ3v) is 4.05. The van der Waals surface area contributed by atoms with Crippen LogP contribution in [0.15, 0.2) is 16.6 Å². The minimum absolute atomic E-state index is 0.00183. The highest BCUT2D eigenvalue weighted by atomic mass is 79.9. The van der Waals surface area contributed by atoms with Gasteiger partial charge in [0.1, 0.15) is 0 Å². The molecule has 0 aliphatic carbocycles. The predicted octanol–water partition coefficient (Wildman–Crippen LogP) is 3.52. The van der Waals surface area contributed by atoms with Crippen LogP contribution in [0.1, 0.15) is 33.3 Å². The molecule has 2 rings (SSSR count). The van der Waals surface area contributed by atoms with E-state index in [1.54, 1.807) is 0 Å². The van der Waals surface area contributed by atoms with Crippen molar-refractivity contribution in [2.24, 2.45) is 5.41 Å². The van der Waals surface area contributed by atoms with Gasteiger partial charge >= 0.3 is 0 Å². The molecule has 0 saturated heterocycles. The second-order valence-corrected chi connectivity index (χ2v) is 7.42. The normalized spacial score (nSPS) is 18.0. The number of hydrogen-bond acceptors (Lipinski definition) is 3. The second-order valence-electron chi connectivity index (χ2n) is 6.56. The van der Waals surface area contributed by atoms with E-state index in [0.717, 1.165) is 21.5 Å². The van der Waals surface area contributed by atoms with Gasteiger partial charge in [0.2, 0.25) is 0 Å². The van der Waals surface area contributed by atoms with E-state index >= 15 is 0 Å². The lowest BCUT2D eigenvalue weighted by atomic mass is 9.85. The third kappa shape index (κ3) is 3.06. The van der Waals surface area contributed by atoms with Crippen LogP contribution in [0.5, 0.6) is 11.5 Å². The Balaban J connectivity index is 2.42. The number of aliphatic hydroxyl groups excluding tert-OH is 1. The van der Waals surface area contributed by atoms with Gasteiger partial charge in [0, 0.05) is 15.3 Å². The van der Waals surface area contributed by atoms with Crippen molar-refractivity contribution in [3.8, 4) is 11.5 Å². The van der Waals surface area contributed by atoms with Gasteiger partial charge in [-0.25, -0.2) is 0 Å². The number of hydrogen-bond donors (Lipinski definition) is 1. The molecule has 0 aromatic heterocycles. The molecular weight excluding hydrogens is 308 g/mol. The van der Waals surface area contributed by atoms with E-state index in [1.807, 2.05) is 26.0 Å². The molecule has 3 nitrogen and oxygen atoms in total. The average molecular weight is 329 g/mol. The molecule has 19 heavy (non-hydrogen) atoms. The van der Waals surface area contributed by atoms with Crippen LogP contribution < -0.4 is 9.47 Å². The fraction of sp³-hybridized carbons (Fsp3) is 0.600. The van der Waals surface area contributed by atoms with Gasteiger partial charge in [-0.1, -0.05) is 43.6 Å². The first-order valence-corrected chi connectivity index (χ1v) is 7.25. The summed E-state index contributed by atoms with van der Waals surface area (Å²) in [7, 11) is 0. The summed E-state index contributed by atoms with van der Waals surface area (Å²) in [5.74, 6) is 1.51. The predicted molar refractivity (Wildman–Crippen MR) is 79.0 cm³/mol. The standard InChI is InChI=1S/C15H21BrO3/c1-14(2)8-18-12-5-10(15(3,4)7-17)11(16)6-13(12)19-9-14/h5-6,17H,7-9H2,1-4H3. The van der Waals surface area contributed by atoms with Gasteiger partial charge in [-0.2, -0.15) is 0 Å². The Kier molecular flexibility index (Phi) is 3.85. The van der Waals surface area contributed by atoms with Crippen LogP contribution in [0.2, 0.25) is 0 Å². The number of halogens is 1. The van der Waals surface area contributed by atoms with Crippen LogP contribution >= 0.6 is 15.9 Å². The summed E-state index contributed by atoms with van der Waals surface area (Å²) in [6, 6.07) is 3.90. The first kappa shape index (κ1) is 14.7. The van der Waals surface area contributed by atoms with Crippen molar-refractivity contribution >= 4 is 15.9 Å². The lowest BCUT2D eigenvalue weighted by molar-refractivity contribution is 0.140. The topological polar surface area (TPSA) is 38.7 Å². The van der Waals surface area contributed by atoms with Gasteiger partial charge in [-0.15, -0.1) is 0 Å².